The highest BCUT2D eigenvalue weighted by Gasteiger charge is 2.24. The minimum Gasteiger partial charge on any atom is -0.354 e. The van der Waals surface area contributed by atoms with Gasteiger partial charge in [0, 0.05) is 53.7 Å². The van der Waals surface area contributed by atoms with E-state index in [1.54, 1.807) is 0 Å². The number of aliphatic imine (C=N–C) groups is 1. The van der Waals surface area contributed by atoms with Gasteiger partial charge in [-0.1, -0.05) is 19.9 Å². The van der Waals surface area contributed by atoms with Crippen LogP contribution in [0.3, 0.4) is 0 Å². The molecule has 0 bridgehead atoms. The minimum atomic E-state index is 0.401. The van der Waals surface area contributed by atoms with Crippen molar-refractivity contribution < 1.29 is 0 Å². The van der Waals surface area contributed by atoms with Crippen molar-refractivity contribution in [3.8, 4) is 11.3 Å². The third-order valence-electron chi connectivity index (χ3n) is 7.55. The molecule has 6 nitrogen and oxygen atoms in total. The Morgan fingerprint density at radius 1 is 1.15 bits per heavy atom. The molecule has 5 heterocycles. The zero-order valence-corrected chi connectivity index (χ0v) is 20.2. The molecule has 1 fully saturated rings. The Morgan fingerprint density at radius 3 is 2.76 bits per heavy atom. The Bertz CT molecular complexity index is 1410. The van der Waals surface area contributed by atoms with Crippen molar-refractivity contribution in [2.45, 2.75) is 51.9 Å². The van der Waals surface area contributed by atoms with Crippen molar-refractivity contribution in [1.29, 1.82) is 0 Å². The van der Waals surface area contributed by atoms with E-state index >= 15 is 0 Å². The number of nitrogens with one attached hydrogen (secondary N) is 2. The molecule has 4 aromatic rings. The first-order chi connectivity index (χ1) is 16.6. The number of piperidine rings is 1. The fraction of sp³-hybridized carbons (Fsp3) is 0.393. The highest BCUT2D eigenvalue weighted by atomic mass is 15.1. The van der Waals surface area contributed by atoms with Crippen LogP contribution in [0, 0.1) is 6.92 Å². The lowest BCUT2D eigenvalue weighted by molar-refractivity contribution is 0.228. The van der Waals surface area contributed by atoms with Gasteiger partial charge in [-0.2, -0.15) is 5.10 Å². The van der Waals surface area contributed by atoms with Crippen LogP contribution in [0.25, 0.3) is 33.2 Å². The highest BCUT2D eigenvalue weighted by Crippen LogP contribution is 2.40. The molecule has 0 spiro atoms. The summed E-state index contributed by atoms with van der Waals surface area (Å²) in [7, 11) is 0. The molecule has 0 unspecified atom stereocenters. The van der Waals surface area contributed by atoms with Gasteiger partial charge in [0.05, 0.1) is 11.1 Å². The van der Waals surface area contributed by atoms with Crippen molar-refractivity contribution in [3.63, 3.8) is 0 Å². The second kappa shape index (κ2) is 8.51. The Balaban J connectivity index is 1.33. The molecular formula is C28H32N6. The number of rotatable bonds is 5. The summed E-state index contributed by atoms with van der Waals surface area (Å²) in [6.07, 6.45) is 9.37. The number of aromatic amines is 2. The van der Waals surface area contributed by atoms with Gasteiger partial charge in [0.25, 0.3) is 0 Å². The number of H-pyrrole nitrogens is 2. The summed E-state index contributed by atoms with van der Waals surface area (Å²) >= 11 is 0. The van der Waals surface area contributed by atoms with Gasteiger partial charge in [0.15, 0.2) is 5.65 Å². The van der Waals surface area contributed by atoms with Crippen LogP contribution in [0.1, 0.15) is 61.8 Å². The molecule has 34 heavy (non-hydrogen) atoms. The molecule has 1 saturated heterocycles. The van der Waals surface area contributed by atoms with E-state index in [9.17, 15) is 0 Å². The Kier molecular flexibility index (Phi) is 5.33. The summed E-state index contributed by atoms with van der Waals surface area (Å²) in [5.41, 5.74) is 9.71. The minimum absolute atomic E-state index is 0.401. The molecule has 0 amide bonds. The normalized spacial score (nSPS) is 17.5. The maximum absolute atomic E-state index is 4.46. The summed E-state index contributed by atoms with van der Waals surface area (Å²) in [5.74, 6) is 1.02. The van der Waals surface area contributed by atoms with Crippen LogP contribution in [0.15, 0.2) is 47.2 Å². The van der Waals surface area contributed by atoms with Crippen LogP contribution in [0.2, 0.25) is 0 Å². The van der Waals surface area contributed by atoms with E-state index in [1.807, 2.05) is 18.6 Å². The van der Waals surface area contributed by atoms with Gasteiger partial charge in [-0.3, -0.25) is 15.0 Å². The van der Waals surface area contributed by atoms with E-state index in [1.165, 1.54) is 51.7 Å². The zero-order valence-electron chi connectivity index (χ0n) is 20.2. The number of aromatic nitrogens is 4. The van der Waals surface area contributed by atoms with E-state index in [0.29, 0.717) is 11.8 Å². The summed E-state index contributed by atoms with van der Waals surface area (Å²) < 4.78 is 0. The van der Waals surface area contributed by atoms with E-state index in [4.69, 9.17) is 0 Å². The number of benzene rings is 1. The molecule has 2 N–H and O–H groups in total. The molecule has 1 aromatic carbocycles. The molecule has 0 atom stereocenters. The topological polar surface area (TPSA) is 73.0 Å². The third-order valence-corrected chi connectivity index (χ3v) is 7.55. The maximum Gasteiger partial charge on any atom is 0.181 e. The smallest absolute Gasteiger partial charge is 0.181 e. The van der Waals surface area contributed by atoms with Gasteiger partial charge in [-0.25, -0.2) is 4.98 Å². The summed E-state index contributed by atoms with van der Waals surface area (Å²) in [6.45, 7) is 10.0. The van der Waals surface area contributed by atoms with Crippen LogP contribution in [-0.2, 0) is 0 Å². The predicted molar refractivity (Wildman–Crippen MR) is 140 cm³/mol. The monoisotopic (exact) mass is 452 g/mol. The first kappa shape index (κ1) is 21.3. The lowest BCUT2D eigenvalue weighted by atomic mass is 9.87. The largest absolute Gasteiger partial charge is 0.354 e. The molecule has 6 rings (SSSR count). The Labute approximate surface area is 200 Å². The van der Waals surface area contributed by atoms with Crippen molar-refractivity contribution >= 4 is 28.2 Å². The summed E-state index contributed by atoms with van der Waals surface area (Å²) in [5, 5.41) is 9.94. The summed E-state index contributed by atoms with van der Waals surface area (Å²) in [4.78, 5) is 15.1. The number of hydrogen-bond donors (Lipinski definition) is 2. The van der Waals surface area contributed by atoms with Crippen LogP contribution >= 0.6 is 0 Å². The van der Waals surface area contributed by atoms with Gasteiger partial charge >= 0.3 is 0 Å². The molecule has 6 heteroatoms. The molecule has 0 saturated carbocycles. The van der Waals surface area contributed by atoms with Gasteiger partial charge in [-0.05, 0) is 79.6 Å². The van der Waals surface area contributed by atoms with E-state index in [0.717, 1.165) is 42.8 Å². The average molecular weight is 453 g/mol. The molecular weight excluding hydrogens is 420 g/mol. The maximum atomic E-state index is 4.46. The van der Waals surface area contributed by atoms with Gasteiger partial charge in [0.1, 0.15) is 0 Å². The van der Waals surface area contributed by atoms with Crippen molar-refractivity contribution in [2.75, 3.05) is 19.6 Å². The Hall–Kier alpha value is -3.25. The highest BCUT2D eigenvalue weighted by molar-refractivity contribution is 6.00. The number of hydrogen-bond acceptors (Lipinski definition) is 4. The van der Waals surface area contributed by atoms with Gasteiger partial charge < -0.3 is 4.98 Å². The number of aryl methyl sites for hydroxylation is 1. The van der Waals surface area contributed by atoms with E-state index in [-0.39, 0.29) is 0 Å². The third kappa shape index (κ3) is 3.66. The second-order valence-corrected chi connectivity index (χ2v) is 10.2. The molecule has 0 aliphatic carbocycles. The number of likely N-dealkylation sites (tertiary alicyclic amines) is 1. The molecule has 0 radical (unpaired) electrons. The fourth-order valence-corrected chi connectivity index (χ4v) is 5.80. The molecule has 2 aliphatic rings. The fourth-order valence-electron chi connectivity index (χ4n) is 5.80. The molecule has 3 aromatic heterocycles. The van der Waals surface area contributed by atoms with Crippen molar-refractivity contribution in [3.05, 3.63) is 59.1 Å². The van der Waals surface area contributed by atoms with Crippen molar-refractivity contribution in [2.24, 2.45) is 4.99 Å². The standard InChI is InChI=1S/C28H32N6/c1-17(2)25-23-14-21(20-8-12-34(13-9-20)16-19-6-10-29-15-19)4-5-24(23)31-27(25)22-7-11-30-28-26(22)18(3)32-33-28/h4-5,7,10-11,14-15,17,20,31H,6,8-9,12-13,16H2,1-3H3,(H,30,32,33). The quantitative estimate of drug-likeness (QED) is 0.386. The molecule has 2 aliphatic heterocycles. The SMILES string of the molecule is Cc1[nH]nc2nccc(-c3[nH]c4ccc(C5CCN(CC6=CN=CC6)CC5)cc4c3C(C)C)c12. The predicted octanol–water partition coefficient (Wildman–Crippen LogP) is 6.08. The van der Waals surface area contributed by atoms with Crippen LogP contribution < -0.4 is 0 Å². The second-order valence-electron chi connectivity index (χ2n) is 10.2. The number of pyridine rings is 1. The molecule has 174 valence electrons. The zero-order chi connectivity index (χ0) is 23.2. The van der Waals surface area contributed by atoms with Crippen LogP contribution in [0.4, 0.5) is 0 Å². The van der Waals surface area contributed by atoms with Gasteiger partial charge in [0.2, 0.25) is 0 Å². The first-order valence-corrected chi connectivity index (χ1v) is 12.5. The first-order valence-electron chi connectivity index (χ1n) is 12.5. The van der Waals surface area contributed by atoms with Crippen LogP contribution in [-0.4, -0.2) is 50.9 Å². The van der Waals surface area contributed by atoms with Crippen LogP contribution in [0.5, 0.6) is 0 Å². The van der Waals surface area contributed by atoms with Gasteiger partial charge in [-0.15, -0.1) is 0 Å². The Morgan fingerprint density at radius 2 is 2.00 bits per heavy atom. The van der Waals surface area contributed by atoms with Crippen molar-refractivity contribution in [1.82, 2.24) is 25.1 Å². The number of fused-ring (bicyclic) bond motifs is 2. The summed E-state index contributed by atoms with van der Waals surface area (Å²) in [6, 6.07) is 9.20. The lowest BCUT2D eigenvalue weighted by Crippen LogP contribution is -2.34. The number of nitrogens with zero attached hydrogens (tertiary/aromatic N) is 4. The van der Waals surface area contributed by atoms with E-state index in [2.05, 4.69) is 75.1 Å². The average Bonchev–Trinajstić information content (AvgIpc) is 3.58. The van der Waals surface area contributed by atoms with E-state index < -0.39 is 0 Å². The lowest BCUT2D eigenvalue weighted by Gasteiger charge is -2.32.